The molecule has 2 nitrogen and oxygen atoms in total. The van der Waals surface area contributed by atoms with E-state index in [0.29, 0.717) is 5.92 Å². The zero-order chi connectivity index (χ0) is 15.9. The summed E-state index contributed by atoms with van der Waals surface area (Å²) in [7, 11) is 1.78. The molecule has 21 heavy (non-hydrogen) atoms. The van der Waals surface area contributed by atoms with Crippen LogP contribution in [0, 0.1) is 28.6 Å². The monoisotopic (exact) mass is 294 g/mol. The third-order valence-electron chi connectivity index (χ3n) is 5.65. The first kappa shape index (κ1) is 18.5. The van der Waals surface area contributed by atoms with Crippen molar-refractivity contribution in [2.75, 3.05) is 13.7 Å². The van der Waals surface area contributed by atoms with Crippen molar-refractivity contribution >= 4 is 0 Å². The third kappa shape index (κ3) is 4.73. The molecule has 0 amide bonds. The minimum Gasteiger partial charge on any atom is -0.384 e. The number of aliphatic hydroxyl groups is 1. The fourth-order valence-electron chi connectivity index (χ4n) is 3.39. The normalized spacial score (nSPS) is 29.0. The van der Waals surface area contributed by atoms with Gasteiger partial charge in [-0.3, -0.25) is 0 Å². The third-order valence-corrected chi connectivity index (χ3v) is 5.65. The number of hydrogen-bond donors (Lipinski definition) is 1. The van der Waals surface area contributed by atoms with Gasteiger partial charge in [0.2, 0.25) is 0 Å². The van der Waals surface area contributed by atoms with Crippen molar-refractivity contribution in [2.24, 2.45) is 16.7 Å². The van der Waals surface area contributed by atoms with E-state index in [1.807, 2.05) is 0 Å². The van der Waals surface area contributed by atoms with Gasteiger partial charge in [-0.1, -0.05) is 51.9 Å². The lowest BCUT2D eigenvalue weighted by atomic mass is 9.66. The number of aliphatic hydroxyl groups excluding tert-OH is 1. The highest BCUT2D eigenvalue weighted by atomic mass is 16.5. The Morgan fingerprint density at radius 2 is 1.95 bits per heavy atom. The first-order valence-electron chi connectivity index (χ1n) is 8.57. The molecule has 0 unspecified atom stereocenters. The lowest BCUT2D eigenvalue weighted by molar-refractivity contribution is 0.0655. The number of methoxy groups -OCH3 is 1. The van der Waals surface area contributed by atoms with Crippen molar-refractivity contribution < 1.29 is 9.84 Å². The second-order valence-electron chi connectivity index (χ2n) is 7.38. The average Bonchev–Trinajstić information content (AvgIpc) is 2.66. The summed E-state index contributed by atoms with van der Waals surface area (Å²) in [6.07, 6.45) is 7.38. The number of rotatable bonds is 7. The van der Waals surface area contributed by atoms with Crippen LogP contribution in [0.4, 0.5) is 0 Å². The Kier molecular flexibility index (Phi) is 7.24. The van der Waals surface area contributed by atoms with Crippen molar-refractivity contribution in [3.05, 3.63) is 0 Å². The Hall–Kier alpha value is -0.520. The van der Waals surface area contributed by atoms with E-state index in [-0.39, 0.29) is 10.8 Å². The van der Waals surface area contributed by atoms with Gasteiger partial charge in [0.1, 0.15) is 6.10 Å². The lowest BCUT2D eigenvalue weighted by Gasteiger charge is -2.38. The van der Waals surface area contributed by atoms with Gasteiger partial charge in [-0.05, 0) is 43.9 Å². The van der Waals surface area contributed by atoms with Crippen molar-refractivity contribution in [3.8, 4) is 11.8 Å². The predicted octanol–water partition coefficient (Wildman–Crippen LogP) is 4.41. The van der Waals surface area contributed by atoms with Crippen LogP contribution < -0.4 is 0 Å². The van der Waals surface area contributed by atoms with Crippen molar-refractivity contribution in [1.29, 1.82) is 0 Å². The molecular weight excluding hydrogens is 260 g/mol. The van der Waals surface area contributed by atoms with Gasteiger partial charge in [0, 0.05) is 19.1 Å². The number of hydrogen-bond acceptors (Lipinski definition) is 2. The standard InChI is InChI=1S/C19H34O2/c1-6-7-8-9-10-17(20)12-14-19(4)13-11-16(15-21-5)18(19,2)3/h16-17,20H,6-11,13,15H2,1-5H3/t16-,17+,19-/m0/s1. The maximum Gasteiger partial charge on any atom is 0.114 e. The molecule has 0 radical (unpaired) electrons. The summed E-state index contributed by atoms with van der Waals surface area (Å²) in [6, 6.07) is 0. The van der Waals surface area contributed by atoms with E-state index in [0.717, 1.165) is 25.9 Å². The largest absolute Gasteiger partial charge is 0.384 e. The van der Waals surface area contributed by atoms with Crippen LogP contribution in [0.5, 0.6) is 0 Å². The average molecular weight is 294 g/mol. The van der Waals surface area contributed by atoms with Gasteiger partial charge in [-0.2, -0.15) is 0 Å². The van der Waals surface area contributed by atoms with Gasteiger partial charge in [0.05, 0.1) is 0 Å². The Balaban J connectivity index is 2.59. The molecule has 1 fully saturated rings. The van der Waals surface area contributed by atoms with E-state index in [1.54, 1.807) is 7.11 Å². The zero-order valence-corrected chi connectivity index (χ0v) is 14.7. The Labute approximate surface area is 131 Å². The molecule has 0 heterocycles. The fourth-order valence-corrected chi connectivity index (χ4v) is 3.39. The smallest absolute Gasteiger partial charge is 0.114 e. The van der Waals surface area contributed by atoms with E-state index >= 15 is 0 Å². The molecule has 0 aliphatic heterocycles. The molecule has 0 aromatic rings. The van der Waals surface area contributed by atoms with Crippen molar-refractivity contribution in [3.63, 3.8) is 0 Å². The zero-order valence-electron chi connectivity index (χ0n) is 14.7. The Morgan fingerprint density at radius 3 is 2.57 bits per heavy atom. The maximum atomic E-state index is 10.1. The van der Waals surface area contributed by atoms with Crippen molar-refractivity contribution in [2.45, 2.75) is 78.7 Å². The number of ether oxygens (including phenoxy) is 1. The molecule has 1 N–H and O–H groups in total. The van der Waals surface area contributed by atoms with Gasteiger partial charge >= 0.3 is 0 Å². The summed E-state index contributed by atoms with van der Waals surface area (Å²) in [5.74, 6) is 7.11. The second-order valence-corrected chi connectivity index (χ2v) is 7.38. The van der Waals surface area contributed by atoms with Gasteiger partial charge < -0.3 is 9.84 Å². The maximum absolute atomic E-state index is 10.1. The SMILES string of the molecule is CCCCCC[C@@H](O)C#C[C@]1(C)CC[C@@H](COC)C1(C)C. The molecule has 0 saturated heterocycles. The first-order chi connectivity index (χ1) is 9.87. The fraction of sp³-hybridized carbons (Fsp3) is 0.895. The first-order valence-corrected chi connectivity index (χ1v) is 8.57. The molecule has 122 valence electrons. The molecule has 2 heteroatoms. The summed E-state index contributed by atoms with van der Waals surface area (Å²) in [6.45, 7) is 9.86. The van der Waals surface area contributed by atoms with Gasteiger partial charge in [-0.15, -0.1) is 0 Å². The highest BCUT2D eigenvalue weighted by molar-refractivity contribution is 5.20. The lowest BCUT2D eigenvalue weighted by Crippen LogP contribution is -2.35. The minimum absolute atomic E-state index is 0.0133. The molecule has 1 aliphatic rings. The quantitative estimate of drug-likeness (QED) is 0.556. The van der Waals surface area contributed by atoms with Crippen LogP contribution in [0.25, 0.3) is 0 Å². The molecule has 1 aliphatic carbocycles. The van der Waals surface area contributed by atoms with Crippen molar-refractivity contribution in [1.82, 2.24) is 0 Å². The van der Waals surface area contributed by atoms with E-state index in [9.17, 15) is 5.11 Å². The van der Waals surface area contributed by atoms with Crippen LogP contribution in [0.15, 0.2) is 0 Å². The molecule has 0 bridgehead atoms. The van der Waals surface area contributed by atoms with E-state index < -0.39 is 6.10 Å². The summed E-state index contributed by atoms with van der Waals surface area (Å²) < 4.78 is 5.36. The summed E-state index contributed by atoms with van der Waals surface area (Å²) in [5.41, 5.74) is 0.124. The topological polar surface area (TPSA) is 29.5 Å². The molecule has 0 aromatic heterocycles. The minimum atomic E-state index is -0.462. The van der Waals surface area contributed by atoms with Crippen LogP contribution in [0.1, 0.15) is 72.6 Å². The van der Waals surface area contributed by atoms with Gasteiger partial charge in [-0.25, -0.2) is 0 Å². The summed E-state index contributed by atoms with van der Waals surface area (Å²) >= 11 is 0. The molecule has 3 atom stereocenters. The van der Waals surface area contributed by atoms with Gasteiger partial charge in [0.15, 0.2) is 0 Å². The highest BCUT2D eigenvalue weighted by Gasteiger charge is 2.50. The van der Waals surface area contributed by atoms with Crippen LogP contribution in [0.2, 0.25) is 0 Å². The summed E-state index contributed by atoms with van der Waals surface area (Å²) in [5, 5.41) is 10.1. The predicted molar refractivity (Wildman–Crippen MR) is 89.0 cm³/mol. The second kappa shape index (κ2) is 8.20. The van der Waals surface area contributed by atoms with E-state index in [2.05, 4.69) is 39.5 Å². The molecule has 1 saturated carbocycles. The van der Waals surface area contributed by atoms with Crippen LogP contribution in [-0.2, 0) is 4.74 Å². The van der Waals surface area contributed by atoms with Gasteiger partial charge in [0.25, 0.3) is 0 Å². The van der Waals surface area contributed by atoms with E-state index in [4.69, 9.17) is 4.74 Å². The molecular formula is C19H34O2. The van der Waals surface area contributed by atoms with E-state index in [1.165, 1.54) is 25.7 Å². The van der Waals surface area contributed by atoms with Crippen LogP contribution >= 0.6 is 0 Å². The molecule has 0 aromatic carbocycles. The van der Waals surface area contributed by atoms with Crippen LogP contribution in [0.3, 0.4) is 0 Å². The Morgan fingerprint density at radius 1 is 1.24 bits per heavy atom. The molecule has 1 rings (SSSR count). The Bertz CT molecular complexity index is 363. The number of unbranched alkanes of at least 4 members (excludes halogenated alkanes) is 3. The van der Waals surface area contributed by atoms with Crippen LogP contribution in [-0.4, -0.2) is 24.9 Å². The summed E-state index contributed by atoms with van der Waals surface area (Å²) in [4.78, 5) is 0. The molecule has 0 spiro atoms. The highest BCUT2D eigenvalue weighted by Crippen LogP contribution is 2.55.